The predicted octanol–water partition coefficient (Wildman–Crippen LogP) is 1.50. The van der Waals surface area contributed by atoms with Gasteiger partial charge < -0.3 is 4.74 Å². The number of rotatable bonds is 2. The van der Waals surface area contributed by atoms with E-state index >= 15 is 0 Å². The van der Waals surface area contributed by atoms with Crippen LogP contribution in [0, 0.1) is 5.92 Å². The van der Waals surface area contributed by atoms with Crippen molar-refractivity contribution in [3.8, 4) is 0 Å². The van der Waals surface area contributed by atoms with Crippen LogP contribution in [0.4, 0.5) is 0 Å². The van der Waals surface area contributed by atoms with Crippen molar-refractivity contribution < 1.29 is 9.53 Å². The molecule has 0 N–H and O–H groups in total. The van der Waals surface area contributed by atoms with Crippen molar-refractivity contribution >= 4 is 53.4 Å². The van der Waals surface area contributed by atoms with Crippen LogP contribution in [-0.2, 0) is 9.53 Å². The number of thioether (sulfide) groups is 2. The first-order valence-electron chi connectivity index (χ1n) is 3.36. The molecule has 68 valence electrons. The minimum absolute atomic E-state index is 0. The van der Waals surface area contributed by atoms with Gasteiger partial charge in [0.1, 0.15) is 0 Å². The maximum atomic E-state index is 11.0. The summed E-state index contributed by atoms with van der Waals surface area (Å²) in [5.41, 5.74) is 0. The zero-order chi connectivity index (χ0) is 8.27. The number of hydrogen-bond donors (Lipinski definition) is 0. The molecule has 0 aromatic rings. The van der Waals surface area contributed by atoms with Crippen LogP contribution in [0.3, 0.4) is 0 Å². The van der Waals surface area contributed by atoms with Crippen LogP contribution in [-0.4, -0.2) is 34.6 Å². The summed E-state index contributed by atoms with van der Waals surface area (Å²) in [5.74, 6) is -0.157. The van der Waals surface area contributed by atoms with Gasteiger partial charge in [0.25, 0.3) is 0 Å². The number of ether oxygens (including phenoxy) is 1. The molecule has 0 spiro atoms. The number of hydrogen-bond acceptors (Lipinski definition) is 4. The van der Waals surface area contributed by atoms with E-state index < -0.39 is 0 Å². The van der Waals surface area contributed by atoms with E-state index in [1.165, 1.54) is 23.5 Å². The van der Waals surface area contributed by atoms with Gasteiger partial charge in [0.05, 0.1) is 5.92 Å². The molecule has 2 radical (unpaired) electrons. The van der Waals surface area contributed by atoms with Gasteiger partial charge in [-0.15, -0.1) is 0 Å². The Balaban J connectivity index is 0.00000121. The molecule has 5 heteroatoms. The molecule has 0 aliphatic carbocycles. The Labute approximate surface area is 97.8 Å². The number of carbonyl (C=O) groups is 1. The Hall–Kier alpha value is 0.709. The van der Waals surface area contributed by atoms with Crippen molar-refractivity contribution in [1.29, 1.82) is 0 Å². The predicted molar refractivity (Wildman–Crippen MR) is 57.6 cm³/mol. The summed E-state index contributed by atoms with van der Waals surface area (Å²) in [6, 6.07) is 0. The molecule has 0 atom stereocenters. The van der Waals surface area contributed by atoms with Crippen LogP contribution in [0.2, 0.25) is 0 Å². The zero-order valence-electron chi connectivity index (χ0n) is 7.15. The van der Waals surface area contributed by atoms with E-state index in [4.69, 9.17) is 4.74 Å². The van der Waals surface area contributed by atoms with Gasteiger partial charge in [0.2, 0.25) is 4.77 Å². The quantitative estimate of drug-likeness (QED) is 0.570. The molecule has 2 nitrogen and oxygen atoms in total. The fourth-order valence-electron chi connectivity index (χ4n) is 0.511. The van der Waals surface area contributed by atoms with Crippen molar-refractivity contribution in [2.75, 3.05) is 0 Å². The van der Waals surface area contributed by atoms with Crippen LogP contribution in [0.5, 0.6) is 0 Å². The molecule has 1 rings (SSSR count). The van der Waals surface area contributed by atoms with Crippen LogP contribution in [0.25, 0.3) is 0 Å². The normalized spacial score (nSPS) is 16.2. The fourth-order valence-corrected chi connectivity index (χ4v) is 2.22. The Kier molecular flexibility index (Phi) is 6.57. The maximum absolute atomic E-state index is 11.0. The Bertz CT molecular complexity index is 174. The van der Waals surface area contributed by atoms with Gasteiger partial charge in [-0.1, -0.05) is 37.4 Å². The first-order chi connectivity index (χ1) is 5.20. The van der Waals surface area contributed by atoms with Gasteiger partial charge in [-0.3, -0.25) is 4.79 Å². The van der Waals surface area contributed by atoms with Crippen LogP contribution in [0.1, 0.15) is 13.8 Å². The van der Waals surface area contributed by atoms with E-state index in [2.05, 4.69) is 0 Å². The third kappa shape index (κ3) is 4.09. The topological polar surface area (TPSA) is 26.3 Å². The number of carbonyl (C=O) groups excluding carboxylic acids is 1. The van der Waals surface area contributed by atoms with Crippen molar-refractivity contribution in [1.82, 2.24) is 0 Å². The van der Waals surface area contributed by atoms with E-state index in [9.17, 15) is 4.79 Å². The second-order valence-corrected chi connectivity index (χ2v) is 4.67. The van der Waals surface area contributed by atoms with Gasteiger partial charge in [-0.2, -0.15) is 0 Å². The monoisotopic (exact) mass is 312 g/mol. The molecular formula is C7H12O2S2Sn. The summed E-state index contributed by atoms with van der Waals surface area (Å²) in [4.78, 5) is 11.0. The van der Waals surface area contributed by atoms with E-state index in [0.717, 1.165) is 0 Å². The second kappa shape index (κ2) is 6.21. The Morgan fingerprint density at radius 3 is 2.33 bits per heavy atom. The molecule has 0 aromatic carbocycles. The molecule has 0 fully saturated rings. The average Bonchev–Trinajstić information content (AvgIpc) is 2.39. The summed E-state index contributed by atoms with van der Waals surface area (Å²) < 4.78 is 5.05. The number of esters is 1. The van der Waals surface area contributed by atoms with E-state index in [1.54, 1.807) is 0 Å². The molecule has 1 heterocycles. The first-order valence-corrected chi connectivity index (χ1v) is 5.25. The fraction of sp³-hybridized carbons (Fsp3) is 0.571. The van der Waals surface area contributed by atoms with E-state index in [-0.39, 0.29) is 40.6 Å². The molecular weight excluding hydrogens is 299 g/mol. The van der Waals surface area contributed by atoms with Crippen LogP contribution >= 0.6 is 23.5 Å². The van der Waals surface area contributed by atoms with Gasteiger partial charge in [-0.05, 0) is 10.8 Å². The molecule has 12 heavy (non-hydrogen) atoms. The third-order valence-corrected chi connectivity index (χ3v) is 3.18. The van der Waals surface area contributed by atoms with E-state index in [0.29, 0.717) is 0 Å². The standard InChI is InChI=1S/C7H10O2S2.Sn.2H/c1-5(2)6(8)9-7-10-3-4-11-7;;;/h3-5,7H,1-2H3;;;. The summed E-state index contributed by atoms with van der Waals surface area (Å²) in [6.45, 7) is 3.67. The van der Waals surface area contributed by atoms with Crippen LogP contribution in [0.15, 0.2) is 10.8 Å². The zero-order valence-corrected chi connectivity index (χ0v) is 12.8. The first kappa shape index (κ1) is 12.7. The molecule has 0 amide bonds. The molecule has 1 aliphatic rings. The molecule has 0 bridgehead atoms. The van der Waals surface area contributed by atoms with Crippen molar-refractivity contribution in [2.24, 2.45) is 5.92 Å². The Morgan fingerprint density at radius 2 is 1.92 bits per heavy atom. The summed E-state index contributed by atoms with van der Waals surface area (Å²) in [7, 11) is 0. The van der Waals surface area contributed by atoms with Crippen molar-refractivity contribution in [2.45, 2.75) is 18.6 Å². The van der Waals surface area contributed by atoms with Gasteiger partial charge in [0.15, 0.2) is 0 Å². The third-order valence-electron chi connectivity index (χ3n) is 1.12. The summed E-state index contributed by atoms with van der Waals surface area (Å²) in [6.07, 6.45) is 0. The van der Waals surface area contributed by atoms with Gasteiger partial charge in [0, 0.05) is 0 Å². The summed E-state index contributed by atoms with van der Waals surface area (Å²) in [5, 5.41) is 3.87. The SMILES string of the molecule is CC(C)C(=O)OC1SC=CS1.[SnH2]. The Morgan fingerprint density at radius 1 is 1.42 bits per heavy atom. The molecule has 0 aromatic heterocycles. The van der Waals surface area contributed by atoms with Gasteiger partial charge in [-0.25, -0.2) is 0 Å². The van der Waals surface area contributed by atoms with E-state index in [1.807, 2.05) is 24.7 Å². The second-order valence-electron chi connectivity index (χ2n) is 2.42. The van der Waals surface area contributed by atoms with Crippen LogP contribution < -0.4 is 0 Å². The minimum atomic E-state index is -0.126. The molecule has 0 saturated carbocycles. The van der Waals surface area contributed by atoms with Crippen molar-refractivity contribution in [3.05, 3.63) is 10.8 Å². The molecule has 1 aliphatic heterocycles. The molecule has 0 saturated heterocycles. The molecule has 0 unspecified atom stereocenters. The van der Waals surface area contributed by atoms with Gasteiger partial charge >= 0.3 is 29.9 Å². The summed E-state index contributed by atoms with van der Waals surface area (Å²) >= 11 is 3.05. The van der Waals surface area contributed by atoms with Crippen molar-refractivity contribution in [3.63, 3.8) is 0 Å². The average molecular weight is 311 g/mol.